The highest BCUT2D eigenvalue weighted by Gasteiger charge is 2.48. The summed E-state index contributed by atoms with van der Waals surface area (Å²) in [6.45, 7) is 0.185. The van der Waals surface area contributed by atoms with E-state index in [-0.39, 0.29) is 11.1 Å². The van der Waals surface area contributed by atoms with E-state index in [4.69, 9.17) is 4.84 Å². The number of alkyl halides is 6. The van der Waals surface area contributed by atoms with Crippen LogP contribution in [0.25, 0.3) is 11.1 Å². The second kappa shape index (κ2) is 10.1. The largest absolute Gasteiger partial charge is 0.469 e. The number of nitrogens with zero attached hydrogens (tertiary/aromatic N) is 1. The van der Waals surface area contributed by atoms with Crippen molar-refractivity contribution in [2.75, 3.05) is 7.11 Å². The minimum absolute atomic E-state index is 0.0715. The highest BCUT2D eigenvalue weighted by Crippen LogP contribution is 2.50. The minimum atomic E-state index is -5.13. The van der Waals surface area contributed by atoms with Crippen LogP contribution < -0.4 is 0 Å². The SMILES string of the molecule is COC(=O)Cc1c(-c2ccc(C)cc2)c(C(F)(F)F)c2c(c1C(F)(F)F)CN(OC(=O)c1ccccc1)C2. The van der Waals surface area contributed by atoms with E-state index in [0.717, 1.165) is 12.2 Å². The number of hydroxylamine groups is 2. The molecule has 0 unspecified atom stereocenters. The van der Waals surface area contributed by atoms with Crippen LogP contribution in [0, 0.1) is 6.92 Å². The van der Waals surface area contributed by atoms with E-state index < -0.39 is 77.2 Å². The Balaban J connectivity index is 1.97. The normalized spacial score (nSPS) is 13.8. The first-order chi connectivity index (χ1) is 17.8. The van der Waals surface area contributed by atoms with E-state index in [1.165, 1.54) is 48.5 Å². The molecule has 0 spiro atoms. The van der Waals surface area contributed by atoms with E-state index >= 15 is 0 Å². The standard InChI is InChI=1S/C27H21F6NO4/c1-15-8-10-16(11-9-15)22-18(12-21(35)37-2)23(26(28,29)30)19-13-34(14-20(19)24(22)27(31,32)33)38-25(36)17-6-4-3-5-7-17/h3-11H,12-14H2,1-2H3. The van der Waals surface area contributed by atoms with Crippen LogP contribution in [-0.2, 0) is 46.2 Å². The van der Waals surface area contributed by atoms with E-state index in [1.807, 2.05) is 0 Å². The van der Waals surface area contributed by atoms with E-state index in [2.05, 4.69) is 4.74 Å². The highest BCUT2D eigenvalue weighted by molar-refractivity contribution is 5.89. The number of hydrogen-bond acceptors (Lipinski definition) is 5. The molecule has 0 amide bonds. The molecule has 0 saturated heterocycles. The van der Waals surface area contributed by atoms with Crippen LogP contribution in [0.3, 0.4) is 0 Å². The lowest BCUT2D eigenvalue weighted by atomic mass is 9.82. The van der Waals surface area contributed by atoms with Gasteiger partial charge in [0.1, 0.15) is 0 Å². The van der Waals surface area contributed by atoms with Gasteiger partial charge in [-0.3, -0.25) is 4.79 Å². The summed E-state index contributed by atoms with van der Waals surface area (Å²) < 4.78 is 92.0. The zero-order valence-electron chi connectivity index (χ0n) is 20.2. The predicted octanol–water partition coefficient (Wildman–Crippen LogP) is 6.50. The zero-order chi connectivity index (χ0) is 27.8. The van der Waals surface area contributed by atoms with Gasteiger partial charge in [0.25, 0.3) is 0 Å². The maximum absolute atomic E-state index is 14.6. The fourth-order valence-electron chi connectivity index (χ4n) is 4.56. The molecule has 200 valence electrons. The van der Waals surface area contributed by atoms with Crippen molar-refractivity contribution < 1.29 is 45.5 Å². The molecule has 1 aliphatic rings. The molecule has 0 N–H and O–H groups in total. The van der Waals surface area contributed by atoms with Crippen molar-refractivity contribution in [3.63, 3.8) is 0 Å². The smallest absolute Gasteiger partial charge is 0.417 e. The molecule has 3 aromatic carbocycles. The third kappa shape index (κ3) is 5.38. The molecule has 1 heterocycles. The Morgan fingerprint density at radius 2 is 1.39 bits per heavy atom. The first kappa shape index (κ1) is 27.2. The number of hydrogen-bond donors (Lipinski definition) is 0. The van der Waals surface area contributed by atoms with Crippen LogP contribution in [0.5, 0.6) is 0 Å². The maximum Gasteiger partial charge on any atom is 0.417 e. The Hall–Kier alpha value is -3.86. The molecule has 1 aliphatic heterocycles. The third-order valence-corrected chi connectivity index (χ3v) is 6.17. The molecule has 0 aliphatic carbocycles. The first-order valence-electron chi connectivity index (χ1n) is 11.3. The summed E-state index contributed by atoms with van der Waals surface area (Å²) in [4.78, 5) is 29.9. The van der Waals surface area contributed by atoms with Crippen LogP contribution >= 0.6 is 0 Å². The Labute approximate surface area is 213 Å². The van der Waals surface area contributed by atoms with Gasteiger partial charge in [-0.05, 0) is 46.9 Å². The highest BCUT2D eigenvalue weighted by atomic mass is 19.4. The Morgan fingerprint density at radius 1 is 0.842 bits per heavy atom. The van der Waals surface area contributed by atoms with Gasteiger partial charge in [0.2, 0.25) is 0 Å². The summed E-state index contributed by atoms with van der Waals surface area (Å²) in [6, 6.07) is 13.0. The monoisotopic (exact) mass is 537 g/mol. The van der Waals surface area contributed by atoms with Gasteiger partial charge in [-0.25, -0.2) is 4.79 Å². The van der Waals surface area contributed by atoms with Gasteiger partial charge in [-0.1, -0.05) is 48.0 Å². The van der Waals surface area contributed by atoms with Crippen molar-refractivity contribution in [1.82, 2.24) is 5.06 Å². The molecule has 0 aromatic heterocycles. The predicted molar refractivity (Wildman–Crippen MR) is 123 cm³/mol. The average Bonchev–Trinajstić information content (AvgIpc) is 3.24. The lowest BCUT2D eigenvalue weighted by molar-refractivity contribution is -0.144. The minimum Gasteiger partial charge on any atom is -0.469 e. The van der Waals surface area contributed by atoms with Crippen LogP contribution in [0.4, 0.5) is 26.3 Å². The summed E-state index contributed by atoms with van der Waals surface area (Å²) >= 11 is 0. The fraction of sp³-hybridized carbons (Fsp3) is 0.259. The Bertz CT molecular complexity index is 1370. The molecule has 5 nitrogen and oxygen atoms in total. The molecule has 0 bridgehead atoms. The topological polar surface area (TPSA) is 55.8 Å². The number of carbonyl (C=O) groups excluding carboxylic acids is 2. The van der Waals surface area contributed by atoms with Crippen molar-refractivity contribution in [2.24, 2.45) is 0 Å². The Morgan fingerprint density at radius 3 is 1.92 bits per heavy atom. The van der Waals surface area contributed by atoms with Gasteiger partial charge in [0.15, 0.2) is 0 Å². The van der Waals surface area contributed by atoms with Crippen molar-refractivity contribution in [3.8, 4) is 11.1 Å². The maximum atomic E-state index is 14.6. The number of carbonyl (C=O) groups is 2. The molecule has 0 radical (unpaired) electrons. The zero-order valence-corrected chi connectivity index (χ0v) is 20.2. The lowest BCUT2D eigenvalue weighted by Crippen LogP contribution is -2.22. The number of esters is 1. The van der Waals surface area contributed by atoms with Gasteiger partial charge in [-0.15, -0.1) is 5.06 Å². The third-order valence-electron chi connectivity index (χ3n) is 6.17. The molecule has 38 heavy (non-hydrogen) atoms. The van der Waals surface area contributed by atoms with Crippen molar-refractivity contribution >= 4 is 11.9 Å². The molecule has 4 rings (SSSR count). The quantitative estimate of drug-likeness (QED) is 0.275. The number of fused-ring (bicyclic) bond motifs is 1. The summed E-state index contributed by atoms with van der Waals surface area (Å²) in [5.41, 5.74) is -5.08. The summed E-state index contributed by atoms with van der Waals surface area (Å²) in [6.07, 6.45) is -11.3. The van der Waals surface area contributed by atoms with Crippen molar-refractivity contribution in [1.29, 1.82) is 0 Å². The van der Waals surface area contributed by atoms with Gasteiger partial charge in [0.05, 0.1) is 43.3 Å². The van der Waals surface area contributed by atoms with Crippen LogP contribution in [0.15, 0.2) is 54.6 Å². The number of halogens is 6. The van der Waals surface area contributed by atoms with E-state index in [0.29, 0.717) is 5.56 Å². The summed E-state index contributed by atoms with van der Waals surface area (Å²) in [5, 5.41) is 0.755. The molecular formula is C27H21F6NO4. The molecule has 0 fully saturated rings. The van der Waals surface area contributed by atoms with Gasteiger partial charge in [-0.2, -0.15) is 26.3 Å². The van der Waals surface area contributed by atoms with E-state index in [9.17, 15) is 35.9 Å². The summed E-state index contributed by atoms with van der Waals surface area (Å²) in [7, 11) is 0.934. The van der Waals surface area contributed by atoms with Crippen LogP contribution in [-0.4, -0.2) is 24.1 Å². The average molecular weight is 537 g/mol. The number of aryl methyl sites for hydroxylation is 1. The number of rotatable bonds is 5. The van der Waals surface area contributed by atoms with Crippen LogP contribution in [0.2, 0.25) is 0 Å². The lowest BCUT2D eigenvalue weighted by Gasteiger charge is -2.25. The van der Waals surface area contributed by atoms with Crippen LogP contribution in [0.1, 0.15) is 43.7 Å². The first-order valence-corrected chi connectivity index (χ1v) is 11.3. The molecule has 11 heteroatoms. The van der Waals surface area contributed by atoms with Crippen molar-refractivity contribution in [2.45, 2.75) is 38.8 Å². The molecule has 0 saturated carbocycles. The molecule has 0 atom stereocenters. The Kier molecular flexibility index (Phi) is 7.24. The second-order valence-corrected chi connectivity index (χ2v) is 8.72. The summed E-state index contributed by atoms with van der Waals surface area (Å²) in [5.74, 6) is -2.07. The number of methoxy groups -OCH3 is 1. The molecule has 3 aromatic rings. The van der Waals surface area contributed by atoms with E-state index in [1.54, 1.807) is 13.0 Å². The van der Waals surface area contributed by atoms with Gasteiger partial charge in [0, 0.05) is 0 Å². The van der Waals surface area contributed by atoms with Gasteiger partial charge >= 0.3 is 24.3 Å². The fourth-order valence-corrected chi connectivity index (χ4v) is 4.56. The second-order valence-electron chi connectivity index (χ2n) is 8.72. The van der Waals surface area contributed by atoms with Crippen molar-refractivity contribution in [3.05, 3.63) is 93.5 Å². The number of benzene rings is 3. The number of ether oxygens (including phenoxy) is 1. The molecular weight excluding hydrogens is 516 g/mol. The van der Waals surface area contributed by atoms with Gasteiger partial charge < -0.3 is 9.57 Å².